The van der Waals surface area contributed by atoms with E-state index < -0.39 is 0 Å². The first-order valence-electron chi connectivity index (χ1n) is 14.2. The van der Waals surface area contributed by atoms with Crippen molar-refractivity contribution in [3.8, 4) is 0 Å². The molecule has 1 heterocycles. The molecule has 4 rings (SSSR count). The molecule has 1 aliphatic heterocycles. The highest BCUT2D eigenvalue weighted by molar-refractivity contribution is 6.09. The van der Waals surface area contributed by atoms with Gasteiger partial charge in [0.2, 0.25) is 0 Å². The first kappa shape index (κ1) is 31.0. The Morgan fingerprint density at radius 2 is 1.81 bits per heavy atom. The van der Waals surface area contributed by atoms with Crippen LogP contribution in [0.1, 0.15) is 42.5 Å². The van der Waals surface area contributed by atoms with Crippen molar-refractivity contribution in [1.82, 2.24) is 15.5 Å². The summed E-state index contributed by atoms with van der Waals surface area (Å²) in [5.74, 6) is 0.246. The van der Waals surface area contributed by atoms with Gasteiger partial charge in [0, 0.05) is 25.8 Å². The summed E-state index contributed by atoms with van der Waals surface area (Å²) in [5, 5.41) is 10.0. The van der Waals surface area contributed by atoms with E-state index in [4.69, 9.17) is 10.7 Å². The molecule has 0 bridgehead atoms. The highest BCUT2D eigenvalue weighted by atomic mass is 19.1. The van der Waals surface area contributed by atoms with Gasteiger partial charge in [0.15, 0.2) is 5.82 Å². The van der Waals surface area contributed by atoms with Crippen molar-refractivity contribution in [2.24, 2.45) is 15.7 Å². The Morgan fingerprint density at radius 1 is 1.09 bits per heavy atom. The number of hydrogen-bond donors (Lipinski definition) is 4. The van der Waals surface area contributed by atoms with Gasteiger partial charge in [0.05, 0.1) is 40.7 Å². The fraction of sp³-hybridized carbons (Fsp3) is 0.200. The Bertz CT molecular complexity index is 1570. The monoisotopic (exact) mass is 577 g/mol. The van der Waals surface area contributed by atoms with Crippen molar-refractivity contribution in [3.05, 3.63) is 149 Å². The average Bonchev–Trinajstić information content (AvgIpc) is 3.01. The van der Waals surface area contributed by atoms with Gasteiger partial charge in [-0.05, 0) is 65.3 Å². The van der Waals surface area contributed by atoms with Crippen LogP contribution in [0.15, 0.2) is 137 Å². The smallest absolute Gasteiger partial charge is 0.152 e. The summed E-state index contributed by atoms with van der Waals surface area (Å²) in [7, 11) is 1.89. The van der Waals surface area contributed by atoms with Crippen LogP contribution in [0.25, 0.3) is 0 Å². The van der Waals surface area contributed by atoms with Gasteiger partial charge in [-0.2, -0.15) is 0 Å². The maximum absolute atomic E-state index is 14.5. The first-order valence-corrected chi connectivity index (χ1v) is 14.2. The van der Waals surface area contributed by atoms with E-state index in [0.717, 1.165) is 52.1 Å². The fourth-order valence-corrected chi connectivity index (χ4v) is 4.78. The van der Waals surface area contributed by atoms with Crippen LogP contribution in [0.2, 0.25) is 0 Å². The normalized spacial score (nSPS) is 16.0. The van der Waals surface area contributed by atoms with E-state index in [9.17, 15) is 4.39 Å². The van der Waals surface area contributed by atoms with Gasteiger partial charge in [0.25, 0.3) is 0 Å². The topological polar surface area (TPSA) is 90.1 Å². The number of aliphatic imine (C=N–C) groups is 2. The molecule has 2 aromatic carbocycles. The molecule has 0 aromatic heterocycles. The van der Waals surface area contributed by atoms with E-state index in [1.54, 1.807) is 18.3 Å². The molecule has 2 aromatic rings. The zero-order valence-electron chi connectivity index (χ0n) is 25.0. The summed E-state index contributed by atoms with van der Waals surface area (Å²) in [4.78, 5) is 10.6. The third-order valence-electron chi connectivity index (χ3n) is 7.42. The Kier molecular flexibility index (Phi) is 9.95. The van der Waals surface area contributed by atoms with E-state index in [0.29, 0.717) is 41.7 Å². The molecule has 43 heavy (non-hydrogen) atoms. The van der Waals surface area contributed by atoms with Crippen LogP contribution in [0.5, 0.6) is 0 Å². The molecule has 0 saturated heterocycles. The average molecular weight is 578 g/mol. The Balaban J connectivity index is 1.50. The molecule has 0 radical (unpaired) electrons. The van der Waals surface area contributed by atoms with Crippen LogP contribution in [-0.2, 0) is 13.1 Å². The van der Waals surface area contributed by atoms with Crippen LogP contribution < -0.4 is 21.7 Å². The molecular weight excluding hydrogens is 537 g/mol. The van der Waals surface area contributed by atoms with Gasteiger partial charge in [-0.15, -0.1) is 0 Å². The Hall–Kier alpha value is -4.95. The van der Waals surface area contributed by atoms with Crippen molar-refractivity contribution in [3.63, 3.8) is 0 Å². The lowest BCUT2D eigenvalue weighted by Crippen LogP contribution is -2.31. The van der Waals surface area contributed by atoms with Crippen molar-refractivity contribution in [2.75, 3.05) is 12.4 Å². The summed E-state index contributed by atoms with van der Waals surface area (Å²) >= 11 is 0. The number of hydrogen-bond acceptors (Lipinski definition) is 7. The molecule has 222 valence electrons. The van der Waals surface area contributed by atoms with Crippen molar-refractivity contribution in [1.29, 1.82) is 0 Å². The van der Waals surface area contributed by atoms with Crippen LogP contribution in [0.3, 0.4) is 0 Å². The lowest BCUT2D eigenvalue weighted by atomic mass is 9.94. The number of allylic oxidation sites excluding steroid dienone is 3. The van der Waals surface area contributed by atoms with Gasteiger partial charge >= 0.3 is 0 Å². The lowest BCUT2D eigenvalue weighted by Gasteiger charge is -2.30. The molecule has 5 N–H and O–H groups in total. The first-order chi connectivity index (χ1) is 20.6. The second-order valence-electron chi connectivity index (χ2n) is 10.5. The van der Waals surface area contributed by atoms with E-state index in [2.05, 4.69) is 85.2 Å². The van der Waals surface area contributed by atoms with Gasteiger partial charge in [-0.3, -0.25) is 4.99 Å². The highest BCUT2D eigenvalue weighted by Crippen LogP contribution is 2.31. The van der Waals surface area contributed by atoms with Crippen molar-refractivity contribution >= 4 is 18.1 Å². The van der Waals surface area contributed by atoms with E-state index in [1.807, 2.05) is 24.1 Å². The van der Waals surface area contributed by atoms with E-state index >= 15 is 0 Å². The molecule has 0 spiro atoms. The van der Waals surface area contributed by atoms with Crippen molar-refractivity contribution < 1.29 is 4.39 Å². The highest BCUT2D eigenvalue weighted by Gasteiger charge is 2.22. The second kappa shape index (κ2) is 13.8. The van der Waals surface area contributed by atoms with Crippen LogP contribution in [0.4, 0.5) is 10.1 Å². The van der Waals surface area contributed by atoms with Crippen LogP contribution >= 0.6 is 0 Å². The molecule has 0 saturated carbocycles. The molecular formula is C35H40FN7. The number of nitrogens with one attached hydrogen (secondary N) is 3. The third kappa shape index (κ3) is 7.28. The quantitative estimate of drug-likeness (QED) is 0.187. The van der Waals surface area contributed by atoms with Gasteiger partial charge < -0.3 is 26.6 Å². The maximum atomic E-state index is 14.5. The minimum Gasteiger partial charge on any atom is -0.380 e. The fourth-order valence-electron chi connectivity index (χ4n) is 4.78. The minimum atomic E-state index is -0.348. The number of halogens is 1. The summed E-state index contributed by atoms with van der Waals surface area (Å²) in [5.41, 5.74) is 14.4. The number of rotatable bonds is 14. The summed E-state index contributed by atoms with van der Waals surface area (Å²) in [6.07, 6.45) is 7.29. The number of nitrogens with zero attached hydrogens (tertiary/aromatic N) is 3. The predicted octanol–water partition coefficient (Wildman–Crippen LogP) is 6.72. The molecule has 8 heteroatoms. The Labute approximate surface area is 254 Å². The largest absolute Gasteiger partial charge is 0.380 e. The number of nitrogens with two attached hydrogens (primary N) is 1. The number of anilines is 1. The van der Waals surface area contributed by atoms with Gasteiger partial charge in [0.1, 0.15) is 5.82 Å². The minimum absolute atomic E-state index is 0.0574. The molecule has 0 unspecified atom stereocenters. The van der Waals surface area contributed by atoms with E-state index in [-0.39, 0.29) is 11.9 Å². The summed E-state index contributed by atoms with van der Waals surface area (Å²) < 4.78 is 14.5. The van der Waals surface area contributed by atoms with Gasteiger partial charge in [-0.25, -0.2) is 9.38 Å². The van der Waals surface area contributed by atoms with Crippen LogP contribution in [0, 0.1) is 5.82 Å². The SMILES string of the molecule is C=N/C=C1/N=C(C(=C)N[C@@H](CCC)c2ccc(CN)cc2)C=C(C(=C)NCc2ccc(F)c(NC3=CC(=C)C3=C)c2)N1C. The maximum Gasteiger partial charge on any atom is 0.152 e. The predicted molar refractivity (Wildman–Crippen MR) is 178 cm³/mol. The standard InChI is InChI=1S/C35H40FN7/c1-8-9-30(28-13-10-26(19-37)11-14-28)40-24(4)32-18-34(43(7)35(42-32)21-38-6)25(5)39-20-27-12-15-29(36)33(17-27)41-31-16-22(2)23(31)3/h10-18,21,30,39-41H,2-6,8-9,19-20,37H2,1,7H3/b35-21-/t30-/m0/s1. The third-order valence-corrected chi connectivity index (χ3v) is 7.42. The zero-order valence-corrected chi connectivity index (χ0v) is 25.0. The van der Waals surface area contributed by atoms with Gasteiger partial charge in [-0.1, -0.05) is 70.0 Å². The zero-order chi connectivity index (χ0) is 31.1. The number of likely N-dealkylation sites (N-methyl/N-ethyl adjacent to an activating group) is 1. The van der Waals surface area contributed by atoms with Crippen LogP contribution in [-0.4, -0.2) is 24.4 Å². The Morgan fingerprint density at radius 3 is 2.44 bits per heavy atom. The molecule has 1 atom stereocenters. The number of benzene rings is 2. The molecule has 7 nitrogen and oxygen atoms in total. The van der Waals surface area contributed by atoms with Crippen molar-refractivity contribution in [2.45, 2.75) is 38.9 Å². The lowest BCUT2D eigenvalue weighted by molar-refractivity contribution is 0.503. The van der Waals surface area contributed by atoms with E-state index in [1.165, 1.54) is 6.07 Å². The second-order valence-corrected chi connectivity index (χ2v) is 10.5. The molecule has 1 aliphatic carbocycles. The molecule has 2 aliphatic rings. The summed E-state index contributed by atoms with van der Waals surface area (Å²) in [6.45, 7) is 23.1. The molecule has 0 fully saturated rings. The summed E-state index contributed by atoms with van der Waals surface area (Å²) in [6, 6.07) is 13.3. The molecule has 0 amide bonds.